The number of hydrogen-bond donors (Lipinski definition) is 1. The third kappa shape index (κ3) is 2.41. The zero-order valence-corrected chi connectivity index (χ0v) is 8.96. The molecule has 2 rings (SSSR count). The first-order valence-corrected chi connectivity index (χ1v) is 5.06. The average Bonchev–Trinajstić information content (AvgIpc) is 2.79. The molecule has 0 amide bonds. The minimum atomic E-state index is -0.550. The van der Waals surface area contributed by atoms with Crippen molar-refractivity contribution in [3.63, 3.8) is 0 Å². The number of nitrogens with zero attached hydrogens (tertiary/aromatic N) is 1. The minimum absolute atomic E-state index is 0.309. The fourth-order valence-corrected chi connectivity index (χ4v) is 1.42. The maximum absolute atomic E-state index is 9.55. The summed E-state index contributed by atoms with van der Waals surface area (Å²) in [4.78, 5) is 0. The number of hydrogen-bond acceptors (Lipinski definition) is 4. The highest BCUT2D eigenvalue weighted by atomic mass is 16.5. The van der Waals surface area contributed by atoms with Crippen molar-refractivity contribution in [3.05, 3.63) is 47.9 Å². The Morgan fingerprint density at radius 1 is 1.38 bits per heavy atom. The molecule has 1 heterocycles. The van der Waals surface area contributed by atoms with Gasteiger partial charge in [0.05, 0.1) is 12.3 Å². The maximum atomic E-state index is 9.55. The van der Waals surface area contributed by atoms with Crippen LogP contribution in [-0.2, 0) is 6.61 Å². The van der Waals surface area contributed by atoms with E-state index in [1.54, 1.807) is 19.2 Å². The number of aliphatic hydroxyl groups excluding tert-OH is 1. The van der Waals surface area contributed by atoms with E-state index in [1.165, 1.54) is 0 Å². The summed E-state index contributed by atoms with van der Waals surface area (Å²) in [5, 5.41) is 13.1. The zero-order chi connectivity index (χ0) is 11.4. The highest BCUT2D eigenvalue weighted by molar-refractivity contribution is 5.34. The van der Waals surface area contributed by atoms with E-state index in [4.69, 9.17) is 9.26 Å². The van der Waals surface area contributed by atoms with Gasteiger partial charge in [0.25, 0.3) is 0 Å². The second-order valence-corrected chi connectivity index (χ2v) is 3.48. The fraction of sp³-hybridized carbons (Fsp3) is 0.250. The summed E-state index contributed by atoms with van der Waals surface area (Å²) < 4.78 is 10.5. The van der Waals surface area contributed by atoms with Crippen LogP contribution < -0.4 is 4.74 Å². The molecule has 2 aromatic rings. The quantitative estimate of drug-likeness (QED) is 0.857. The molecule has 0 aliphatic heterocycles. The monoisotopic (exact) mass is 219 g/mol. The molecule has 0 bridgehead atoms. The highest BCUT2D eigenvalue weighted by Crippen LogP contribution is 2.25. The topological polar surface area (TPSA) is 55.5 Å². The van der Waals surface area contributed by atoms with Gasteiger partial charge in [0, 0.05) is 11.6 Å². The summed E-state index contributed by atoms with van der Waals surface area (Å²) >= 11 is 0. The molecule has 0 fully saturated rings. The molecular weight excluding hydrogens is 206 g/mol. The molecule has 4 nitrogen and oxygen atoms in total. The fourth-order valence-electron chi connectivity index (χ4n) is 1.42. The molecular formula is C12H13NO3. The molecule has 1 atom stereocenters. The van der Waals surface area contributed by atoms with Crippen LogP contribution in [0.25, 0.3) is 0 Å². The predicted octanol–water partition coefficient (Wildman–Crippen LogP) is 2.31. The lowest BCUT2D eigenvalue weighted by atomic mass is 10.1. The van der Waals surface area contributed by atoms with E-state index >= 15 is 0 Å². The van der Waals surface area contributed by atoms with Crippen LogP contribution in [-0.4, -0.2) is 10.3 Å². The Hall–Kier alpha value is -1.81. The normalized spacial score (nSPS) is 12.4. The van der Waals surface area contributed by atoms with Crippen LogP contribution in [0.1, 0.15) is 24.4 Å². The van der Waals surface area contributed by atoms with E-state index in [2.05, 4.69) is 5.16 Å². The summed E-state index contributed by atoms with van der Waals surface area (Å²) in [5.74, 6) is 1.31. The largest absolute Gasteiger partial charge is 0.485 e. The number of aromatic nitrogens is 1. The number of aliphatic hydroxyl groups is 1. The van der Waals surface area contributed by atoms with Crippen LogP contribution in [0.5, 0.6) is 5.75 Å². The standard InChI is InChI=1S/C12H13NO3/c1-9(14)11-4-2-3-5-12(11)15-8-10-6-7-13-16-10/h2-7,9,14H,8H2,1H3. The molecule has 16 heavy (non-hydrogen) atoms. The Morgan fingerprint density at radius 3 is 2.88 bits per heavy atom. The number of ether oxygens (including phenoxy) is 1. The Balaban J connectivity index is 2.09. The highest BCUT2D eigenvalue weighted by Gasteiger charge is 2.08. The number of para-hydroxylation sites is 1. The molecule has 84 valence electrons. The summed E-state index contributed by atoms with van der Waals surface area (Å²) in [6.45, 7) is 2.01. The van der Waals surface area contributed by atoms with E-state index in [0.717, 1.165) is 5.56 Å². The molecule has 1 aromatic heterocycles. The van der Waals surface area contributed by atoms with E-state index in [-0.39, 0.29) is 0 Å². The lowest BCUT2D eigenvalue weighted by molar-refractivity contribution is 0.186. The van der Waals surface area contributed by atoms with Crippen molar-refractivity contribution < 1.29 is 14.4 Å². The van der Waals surface area contributed by atoms with Crippen molar-refractivity contribution in [2.45, 2.75) is 19.6 Å². The molecule has 1 aromatic carbocycles. The van der Waals surface area contributed by atoms with Gasteiger partial charge in [-0.05, 0) is 13.0 Å². The lowest BCUT2D eigenvalue weighted by Gasteiger charge is -2.11. The Morgan fingerprint density at radius 2 is 2.19 bits per heavy atom. The van der Waals surface area contributed by atoms with Crippen LogP contribution in [0.4, 0.5) is 0 Å². The van der Waals surface area contributed by atoms with Crippen LogP contribution in [0.3, 0.4) is 0 Å². The Labute approximate surface area is 93.5 Å². The molecule has 0 spiro atoms. The predicted molar refractivity (Wildman–Crippen MR) is 57.9 cm³/mol. The second kappa shape index (κ2) is 4.81. The number of rotatable bonds is 4. The minimum Gasteiger partial charge on any atom is -0.485 e. The molecule has 0 aliphatic rings. The van der Waals surface area contributed by atoms with Gasteiger partial charge in [-0.1, -0.05) is 23.4 Å². The van der Waals surface area contributed by atoms with Crippen LogP contribution >= 0.6 is 0 Å². The van der Waals surface area contributed by atoms with E-state index < -0.39 is 6.10 Å². The Kier molecular flexibility index (Phi) is 3.22. The first-order chi connectivity index (χ1) is 7.77. The van der Waals surface area contributed by atoms with Gasteiger partial charge in [-0.25, -0.2) is 0 Å². The molecule has 0 saturated carbocycles. The maximum Gasteiger partial charge on any atom is 0.174 e. The van der Waals surface area contributed by atoms with Crippen LogP contribution in [0, 0.1) is 0 Å². The van der Waals surface area contributed by atoms with Gasteiger partial charge >= 0.3 is 0 Å². The molecule has 0 saturated heterocycles. The summed E-state index contributed by atoms with van der Waals surface area (Å²) in [7, 11) is 0. The van der Waals surface area contributed by atoms with Gasteiger partial charge in [-0.3, -0.25) is 0 Å². The van der Waals surface area contributed by atoms with Crippen molar-refractivity contribution in [3.8, 4) is 5.75 Å². The van der Waals surface area contributed by atoms with Crippen molar-refractivity contribution in [2.24, 2.45) is 0 Å². The summed E-state index contributed by atoms with van der Waals surface area (Å²) in [6.07, 6.45) is 1.02. The van der Waals surface area contributed by atoms with Crippen molar-refractivity contribution >= 4 is 0 Å². The first kappa shape index (κ1) is 10.7. The molecule has 0 radical (unpaired) electrons. The van der Waals surface area contributed by atoms with Gasteiger partial charge in [0.15, 0.2) is 5.76 Å². The molecule has 1 N–H and O–H groups in total. The van der Waals surface area contributed by atoms with Gasteiger partial charge in [0.2, 0.25) is 0 Å². The van der Waals surface area contributed by atoms with Gasteiger partial charge in [-0.15, -0.1) is 0 Å². The van der Waals surface area contributed by atoms with Gasteiger partial charge in [-0.2, -0.15) is 0 Å². The summed E-state index contributed by atoms with van der Waals surface area (Å²) in [5.41, 5.74) is 0.766. The van der Waals surface area contributed by atoms with Gasteiger partial charge in [0.1, 0.15) is 12.4 Å². The van der Waals surface area contributed by atoms with Crippen LogP contribution in [0.15, 0.2) is 41.1 Å². The van der Waals surface area contributed by atoms with E-state index in [0.29, 0.717) is 18.1 Å². The Bertz CT molecular complexity index is 437. The SMILES string of the molecule is CC(O)c1ccccc1OCc1ccno1. The summed E-state index contributed by atoms with van der Waals surface area (Å²) in [6, 6.07) is 9.12. The molecule has 0 aliphatic carbocycles. The van der Waals surface area contributed by atoms with Crippen molar-refractivity contribution in [1.82, 2.24) is 5.16 Å². The molecule has 1 unspecified atom stereocenters. The third-order valence-electron chi connectivity index (χ3n) is 2.23. The van der Waals surface area contributed by atoms with Crippen molar-refractivity contribution in [1.29, 1.82) is 0 Å². The first-order valence-electron chi connectivity index (χ1n) is 5.06. The lowest BCUT2D eigenvalue weighted by Crippen LogP contribution is -2.00. The van der Waals surface area contributed by atoms with Crippen LogP contribution in [0.2, 0.25) is 0 Å². The second-order valence-electron chi connectivity index (χ2n) is 3.48. The smallest absolute Gasteiger partial charge is 0.174 e. The molecule has 4 heteroatoms. The zero-order valence-electron chi connectivity index (χ0n) is 8.96. The van der Waals surface area contributed by atoms with E-state index in [9.17, 15) is 5.11 Å². The van der Waals surface area contributed by atoms with Gasteiger partial charge < -0.3 is 14.4 Å². The number of benzene rings is 1. The van der Waals surface area contributed by atoms with E-state index in [1.807, 2.05) is 24.3 Å². The average molecular weight is 219 g/mol. The van der Waals surface area contributed by atoms with Crippen molar-refractivity contribution in [2.75, 3.05) is 0 Å². The third-order valence-corrected chi connectivity index (χ3v) is 2.23.